The normalized spacial score (nSPS) is 22.7. The minimum absolute atomic E-state index is 0.0637. The van der Waals surface area contributed by atoms with Crippen LogP contribution in [0.15, 0.2) is 0 Å². The standard InChI is InChI=1S/C7H15N3O/c1-5(8)2-10-3-6(4-10)7(9)11/h5-6H,2-4,8H2,1H3,(H2,9,11). The monoisotopic (exact) mass is 157 g/mol. The van der Waals surface area contributed by atoms with E-state index in [4.69, 9.17) is 11.5 Å². The molecule has 0 saturated carbocycles. The largest absolute Gasteiger partial charge is 0.369 e. The van der Waals surface area contributed by atoms with Crippen LogP contribution < -0.4 is 11.5 Å². The smallest absolute Gasteiger partial charge is 0.223 e. The topological polar surface area (TPSA) is 72.3 Å². The van der Waals surface area contributed by atoms with Gasteiger partial charge in [-0.15, -0.1) is 0 Å². The van der Waals surface area contributed by atoms with E-state index in [1.165, 1.54) is 0 Å². The molecule has 1 saturated heterocycles. The first-order chi connectivity index (χ1) is 5.09. The Bertz CT molecular complexity index is 152. The molecule has 1 aliphatic rings. The molecule has 1 unspecified atom stereocenters. The second-order valence-electron chi connectivity index (χ2n) is 3.30. The zero-order valence-electron chi connectivity index (χ0n) is 6.79. The van der Waals surface area contributed by atoms with Crippen molar-refractivity contribution in [3.63, 3.8) is 0 Å². The minimum atomic E-state index is -0.189. The maximum absolute atomic E-state index is 10.6. The Hall–Kier alpha value is -0.610. The summed E-state index contributed by atoms with van der Waals surface area (Å²) in [5, 5.41) is 0. The number of likely N-dealkylation sites (tertiary alicyclic amines) is 1. The lowest BCUT2D eigenvalue weighted by Crippen LogP contribution is -2.55. The Morgan fingerprint density at radius 3 is 2.64 bits per heavy atom. The number of amides is 1. The number of carbonyl (C=O) groups excluding carboxylic acids is 1. The molecule has 1 rings (SSSR count). The van der Waals surface area contributed by atoms with Gasteiger partial charge in [-0.1, -0.05) is 0 Å². The Balaban J connectivity index is 2.14. The summed E-state index contributed by atoms with van der Waals surface area (Å²) in [4.78, 5) is 12.7. The number of hydrogen-bond acceptors (Lipinski definition) is 3. The van der Waals surface area contributed by atoms with Gasteiger partial charge in [-0.25, -0.2) is 0 Å². The molecule has 0 aliphatic carbocycles. The van der Waals surface area contributed by atoms with Crippen molar-refractivity contribution in [2.24, 2.45) is 17.4 Å². The number of carbonyl (C=O) groups is 1. The first-order valence-corrected chi connectivity index (χ1v) is 3.87. The number of nitrogens with two attached hydrogens (primary N) is 2. The number of nitrogens with zero attached hydrogens (tertiary/aromatic N) is 1. The molecule has 1 fully saturated rings. The van der Waals surface area contributed by atoms with Gasteiger partial charge >= 0.3 is 0 Å². The predicted octanol–water partition coefficient (Wildman–Crippen LogP) is -1.25. The highest BCUT2D eigenvalue weighted by Crippen LogP contribution is 2.13. The molecule has 0 aromatic carbocycles. The van der Waals surface area contributed by atoms with Gasteiger partial charge < -0.3 is 16.4 Å². The molecule has 11 heavy (non-hydrogen) atoms. The Morgan fingerprint density at radius 2 is 2.27 bits per heavy atom. The van der Waals surface area contributed by atoms with E-state index < -0.39 is 0 Å². The molecule has 1 heterocycles. The second-order valence-corrected chi connectivity index (χ2v) is 3.30. The second kappa shape index (κ2) is 3.19. The lowest BCUT2D eigenvalue weighted by molar-refractivity contribution is -0.126. The molecule has 4 heteroatoms. The Kier molecular flexibility index (Phi) is 2.46. The first-order valence-electron chi connectivity index (χ1n) is 3.87. The predicted molar refractivity (Wildman–Crippen MR) is 42.8 cm³/mol. The van der Waals surface area contributed by atoms with Crippen LogP contribution in [-0.2, 0) is 4.79 Å². The van der Waals surface area contributed by atoms with E-state index in [0.29, 0.717) is 0 Å². The van der Waals surface area contributed by atoms with Gasteiger partial charge in [0.1, 0.15) is 0 Å². The van der Waals surface area contributed by atoms with Crippen LogP contribution in [0.2, 0.25) is 0 Å². The summed E-state index contributed by atoms with van der Waals surface area (Å²) in [7, 11) is 0. The zero-order valence-corrected chi connectivity index (χ0v) is 6.79. The molecule has 1 atom stereocenters. The molecule has 0 aromatic rings. The van der Waals surface area contributed by atoms with E-state index >= 15 is 0 Å². The highest BCUT2D eigenvalue weighted by atomic mass is 16.1. The number of rotatable bonds is 3. The average molecular weight is 157 g/mol. The fraction of sp³-hybridized carbons (Fsp3) is 0.857. The highest BCUT2D eigenvalue weighted by Gasteiger charge is 2.30. The summed E-state index contributed by atoms with van der Waals surface area (Å²) in [5.41, 5.74) is 10.7. The van der Waals surface area contributed by atoms with Gasteiger partial charge in [0.2, 0.25) is 5.91 Å². The van der Waals surface area contributed by atoms with Gasteiger partial charge in [0, 0.05) is 25.7 Å². The third kappa shape index (κ3) is 2.17. The van der Waals surface area contributed by atoms with E-state index in [1.54, 1.807) is 0 Å². The van der Waals surface area contributed by atoms with Crippen LogP contribution in [0.5, 0.6) is 0 Å². The molecule has 0 spiro atoms. The number of hydrogen-bond donors (Lipinski definition) is 2. The van der Waals surface area contributed by atoms with Crippen molar-refractivity contribution in [3.05, 3.63) is 0 Å². The van der Waals surface area contributed by atoms with Crippen LogP contribution in [0.3, 0.4) is 0 Å². The fourth-order valence-corrected chi connectivity index (χ4v) is 1.31. The van der Waals surface area contributed by atoms with Crippen LogP contribution in [0, 0.1) is 5.92 Å². The van der Waals surface area contributed by atoms with Crippen LogP contribution in [0.4, 0.5) is 0 Å². The fourth-order valence-electron chi connectivity index (χ4n) is 1.31. The molecular formula is C7H15N3O. The van der Waals surface area contributed by atoms with Crippen LogP contribution in [-0.4, -0.2) is 36.5 Å². The summed E-state index contributed by atoms with van der Waals surface area (Å²) in [6, 6.07) is 0.184. The molecule has 64 valence electrons. The highest BCUT2D eigenvalue weighted by molar-refractivity contribution is 5.78. The van der Waals surface area contributed by atoms with Gasteiger partial charge in [-0.05, 0) is 6.92 Å². The van der Waals surface area contributed by atoms with Crippen LogP contribution >= 0.6 is 0 Å². The summed E-state index contributed by atoms with van der Waals surface area (Å²) in [6.07, 6.45) is 0. The van der Waals surface area contributed by atoms with Crippen molar-refractivity contribution in [1.82, 2.24) is 4.90 Å². The molecule has 1 amide bonds. The average Bonchev–Trinajstić information content (AvgIpc) is 1.75. The minimum Gasteiger partial charge on any atom is -0.369 e. The number of primary amides is 1. The van der Waals surface area contributed by atoms with Crippen molar-refractivity contribution < 1.29 is 4.79 Å². The van der Waals surface area contributed by atoms with Crippen LogP contribution in [0.1, 0.15) is 6.92 Å². The van der Waals surface area contributed by atoms with Crippen molar-refractivity contribution in [3.8, 4) is 0 Å². The third-order valence-corrected chi connectivity index (χ3v) is 1.91. The van der Waals surface area contributed by atoms with Crippen molar-refractivity contribution in [2.75, 3.05) is 19.6 Å². The van der Waals surface area contributed by atoms with Crippen LogP contribution in [0.25, 0.3) is 0 Å². The quantitative estimate of drug-likeness (QED) is 0.537. The van der Waals surface area contributed by atoms with E-state index in [1.807, 2.05) is 6.92 Å². The summed E-state index contributed by atoms with van der Waals surface area (Å²) in [6.45, 7) is 4.40. The lowest BCUT2D eigenvalue weighted by Gasteiger charge is -2.38. The van der Waals surface area contributed by atoms with Gasteiger partial charge in [-0.3, -0.25) is 4.79 Å². The molecule has 0 bridgehead atoms. The van der Waals surface area contributed by atoms with Gasteiger partial charge in [0.15, 0.2) is 0 Å². The first kappa shape index (κ1) is 8.49. The molecule has 4 N–H and O–H groups in total. The summed E-state index contributed by atoms with van der Waals surface area (Å²) >= 11 is 0. The van der Waals surface area contributed by atoms with E-state index in [0.717, 1.165) is 19.6 Å². The molecule has 4 nitrogen and oxygen atoms in total. The van der Waals surface area contributed by atoms with E-state index in [2.05, 4.69) is 4.90 Å². The molecule has 1 aliphatic heterocycles. The lowest BCUT2D eigenvalue weighted by atomic mass is 9.99. The maximum atomic E-state index is 10.6. The van der Waals surface area contributed by atoms with E-state index in [-0.39, 0.29) is 17.9 Å². The Morgan fingerprint density at radius 1 is 1.73 bits per heavy atom. The van der Waals surface area contributed by atoms with Crippen molar-refractivity contribution in [1.29, 1.82) is 0 Å². The van der Waals surface area contributed by atoms with Crippen molar-refractivity contribution in [2.45, 2.75) is 13.0 Å². The van der Waals surface area contributed by atoms with Gasteiger partial charge in [0.25, 0.3) is 0 Å². The summed E-state index contributed by atoms with van der Waals surface area (Å²) in [5.74, 6) is -0.125. The van der Waals surface area contributed by atoms with Gasteiger partial charge in [-0.2, -0.15) is 0 Å². The maximum Gasteiger partial charge on any atom is 0.223 e. The third-order valence-electron chi connectivity index (χ3n) is 1.91. The zero-order chi connectivity index (χ0) is 8.43. The van der Waals surface area contributed by atoms with Crippen molar-refractivity contribution >= 4 is 5.91 Å². The van der Waals surface area contributed by atoms with E-state index in [9.17, 15) is 4.79 Å². The molecule has 0 aromatic heterocycles. The SMILES string of the molecule is CC(N)CN1CC(C(N)=O)C1. The molecule has 0 radical (unpaired) electrons. The molecular weight excluding hydrogens is 142 g/mol. The summed E-state index contributed by atoms with van der Waals surface area (Å²) < 4.78 is 0. The Labute approximate surface area is 66.5 Å². The van der Waals surface area contributed by atoms with Gasteiger partial charge in [0.05, 0.1) is 5.92 Å².